The van der Waals surface area contributed by atoms with Crippen LogP contribution in [0.4, 0.5) is 0 Å². The average Bonchev–Trinajstić information content (AvgIpc) is 2.68. The van der Waals surface area contributed by atoms with Gasteiger partial charge in [0.15, 0.2) is 0 Å². The molecule has 6 nitrogen and oxygen atoms in total. The Morgan fingerprint density at radius 2 is 1.65 bits per heavy atom. The van der Waals surface area contributed by atoms with Crippen LogP contribution >= 0.6 is 47.8 Å². The van der Waals surface area contributed by atoms with Crippen LogP contribution in [0.2, 0.25) is 0 Å². The van der Waals surface area contributed by atoms with Crippen molar-refractivity contribution in [1.82, 2.24) is 5.06 Å². The normalized spacial score (nSPS) is 14.1. The largest absolute Gasteiger partial charge is 0.506 e. The second-order valence-corrected chi connectivity index (χ2v) is 6.06. The Morgan fingerprint density at radius 3 is 2.20 bits per heavy atom. The van der Waals surface area contributed by atoms with Crippen molar-refractivity contribution in [2.45, 2.75) is 0 Å². The number of halogens is 3. The quantitative estimate of drug-likeness (QED) is 0.673. The molecule has 0 bridgehead atoms. The van der Waals surface area contributed by atoms with E-state index in [2.05, 4.69) is 47.8 Å². The lowest BCUT2D eigenvalue weighted by molar-refractivity contribution is -0.170. The van der Waals surface area contributed by atoms with Gasteiger partial charge in [-0.2, -0.15) is 0 Å². The number of carbonyl (C=O) groups excluding carboxylic acids is 3. The number of imide groups is 1. The zero-order valence-corrected chi connectivity index (χ0v) is 14.2. The van der Waals surface area contributed by atoms with Gasteiger partial charge in [-0.15, -0.1) is 0 Å². The first-order valence-electron chi connectivity index (χ1n) is 4.97. The molecule has 0 unspecified atom stereocenters. The Bertz CT molecular complexity index is 653. The van der Waals surface area contributed by atoms with Gasteiger partial charge >= 0.3 is 5.97 Å². The van der Waals surface area contributed by atoms with Gasteiger partial charge in [0.05, 0.1) is 14.5 Å². The highest BCUT2D eigenvalue weighted by Crippen LogP contribution is 2.39. The molecule has 1 aromatic rings. The molecule has 2 amide bonds. The maximum Gasteiger partial charge on any atom is 0.366 e. The molecule has 0 radical (unpaired) electrons. The van der Waals surface area contributed by atoms with E-state index in [1.165, 1.54) is 6.07 Å². The number of hydrogen-bond donors (Lipinski definition) is 1. The Balaban J connectivity index is 2.33. The number of phenolic OH excluding ortho intramolecular Hbond substituents is 1. The second-order valence-electron chi connectivity index (χ2n) is 3.56. The number of hydroxylamine groups is 2. The summed E-state index contributed by atoms with van der Waals surface area (Å²) in [5.74, 6) is -2.69. The molecule has 2 rings (SSSR count). The van der Waals surface area contributed by atoms with E-state index in [1.807, 2.05) is 0 Å². The molecule has 1 aromatic carbocycles. The Labute approximate surface area is 137 Å². The fourth-order valence-electron chi connectivity index (χ4n) is 1.37. The van der Waals surface area contributed by atoms with Gasteiger partial charge in [-0.05, 0) is 53.9 Å². The Hall–Kier alpha value is -1.19. The minimum Gasteiger partial charge on any atom is -0.506 e. The van der Waals surface area contributed by atoms with Crippen LogP contribution in [0, 0.1) is 0 Å². The number of rotatable bonds is 2. The summed E-state index contributed by atoms with van der Waals surface area (Å²) in [4.78, 5) is 39.3. The van der Waals surface area contributed by atoms with E-state index in [0.717, 1.165) is 12.2 Å². The van der Waals surface area contributed by atoms with Gasteiger partial charge in [-0.3, -0.25) is 9.59 Å². The van der Waals surface area contributed by atoms with Crippen molar-refractivity contribution in [2.75, 3.05) is 0 Å². The molecule has 0 aliphatic carbocycles. The molecule has 0 saturated carbocycles. The van der Waals surface area contributed by atoms with Crippen molar-refractivity contribution in [1.29, 1.82) is 0 Å². The number of amides is 2. The van der Waals surface area contributed by atoms with Crippen LogP contribution in [-0.2, 0) is 14.4 Å². The molecular weight excluding hydrogens is 466 g/mol. The van der Waals surface area contributed by atoms with Crippen LogP contribution in [0.5, 0.6) is 5.75 Å². The smallest absolute Gasteiger partial charge is 0.366 e. The third kappa shape index (κ3) is 2.65. The average molecular weight is 470 g/mol. The van der Waals surface area contributed by atoms with E-state index in [4.69, 9.17) is 4.84 Å². The summed E-state index contributed by atoms with van der Waals surface area (Å²) < 4.78 is 0.727. The summed E-state index contributed by atoms with van der Waals surface area (Å²) in [5.41, 5.74) is -0.0572. The first-order chi connectivity index (χ1) is 9.32. The summed E-state index contributed by atoms with van der Waals surface area (Å²) in [6, 6.07) is 1.43. The maximum atomic E-state index is 12.0. The second kappa shape index (κ2) is 5.66. The van der Waals surface area contributed by atoms with Crippen LogP contribution in [0.25, 0.3) is 0 Å². The van der Waals surface area contributed by atoms with Gasteiger partial charge in [0.2, 0.25) is 0 Å². The minimum atomic E-state index is -0.975. The van der Waals surface area contributed by atoms with Crippen molar-refractivity contribution in [3.8, 4) is 5.75 Å². The van der Waals surface area contributed by atoms with E-state index >= 15 is 0 Å². The predicted octanol–water partition coefficient (Wildman–Crippen LogP) is 2.68. The maximum absolute atomic E-state index is 12.0. The molecule has 104 valence electrons. The summed E-state index contributed by atoms with van der Waals surface area (Å²) in [6.07, 6.45) is 1.97. The molecule has 1 heterocycles. The molecule has 0 spiro atoms. The van der Waals surface area contributed by atoms with Crippen LogP contribution in [0.15, 0.2) is 31.6 Å². The van der Waals surface area contributed by atoms with Crippen molar-refractivity contribution < 1.29 is 24.3 Å². The van der Waals surface area contributed by atoms with Crippen molar-refractivity contribution >= 4 is 65.6 Å². The minimum absolute atomic E-state index is 0.0572. The van der Waals surface area contributed by atoms with E-state index in [-0.39, 0.29) is 15.8 Å². The third-order valence-electron chi connectivity index (χ3n) is 2.29. The number of benzene rings is 1. The van der Waals surface area contributed by atoms with E-state index in [9.17, 15) is 19.5 Å². The van der Waals surface area contributed by atoms with Crippen LogP contribution in [0.3, 0.4) is 0 Å². The van der Waals surface area contributed by atoms with E-state index in [0.29, 0.717) is 14.0 Å². The summed E-state index contributed by atoms with van der Waals surface area (Å²) in [5, 5.41) is 10.1. The van der Waals surface area contributed by atoms with E-state index < -0.39 is 17.8 Å². The van der Waals surface area contributed by atoms with Gasteiger partial charge in [0, 0.05) is 16.6 Å². The zero-order chi connectivity index (χ0) is 15.0. The van der Waals surface area contributed by atoms with Gasteiger partial charge < -0.3 is 9.94 Å². The van der Waals surface area contributed by atoms with Gasteiger partial charge in [-0.1, -0.05) is 5.06 Å². The lowest BCUT2D eigenvalue weighted by Gasteiger charge is -2.14. The molecule has 0 atom stereocenters. The first-order valence-corrected chi connectivity index (χ1v) is 7.35. The molecule has 0 fully saturated rings. The SMILES string of the molecule is O=C(ON1C(=O)C=CC1=O)c1c(Br)cc(Br)c(O)c1Br. The van der Waals surface area contributed by atoms with Gasteiger partial charge in [0.1, 0.15) is 5.75 Å². The molecule has 1 aliphatic heterocycles. The molecule has 9 heteroatoms. The zero-order valence-electron chi connectivity index (χ0n) is 9.39. The van der Waals surface area contributed by atoms with Crippen LogP contribution in [-0.4, -0.2) is 28.0 Å². The fourth-order valence-corrected chi connectivity index (χ4v) is 3.82. The molecular formula is C11H4Br3NO5. The summed E-state index contributed by atoms with van der Waals surface area (Å²) >= 11 is 9.28. The van der Waals surface area contributed by atoms with Gasteiger partial charge in [0.25, 0.3) is 11.8 Å². The Morgan fingerprint density at radius 1 is 1.10 bits per heavy atom. The number of phenols is 1. The molecule has 1 aliphatic rings. The molecule has 0 saturated heterocycles. The predicted molar refractivity (Wildman–Crippen MR) is 77.6 cm³/mol. The Kier molecular flexibility index (Phi) is 4.31. The number of hydrogen-bond acceptors (Lipinski definition) is 5. The third-order valence-corrected chi connectivity index (χ3v) is 4.30. The fraction of sp³-hybridized carbons (Fsp3) is 0. The van der Waals surface area contributed by atoms with Crippen LogP contribution in [0.1, 0.15) is 10.4 Å². The van der Waals surface area contributed by atoms with Crippen molar-refractivity contribution in [3.05, 3.63) is 37.2 Å². The molecule has 0 aromatic heterocycles. The summed E-state index contributed by atoms with van der Waals surface area (Å²) in [7, 11) is 0. The van der Waals surface area contributed by atoms with Crippen molar-refractivity contribution in [3.63, 3.8) is 0 Å². The highest BCUT2D eigenvalue weighted by atomic mass is 79.9. The summed E-state index contributed by atoms with van der Waals surface area (Å²) in [6.45, 7) is 0. The first kappa shape index (κ1) is 15.2. The number of nitrogens with zero attached hydrogens (tertiary/aromatic N) is 1. The lowest BCUT2D eigenvalue weighted by Crippen LogP contribution is -2.33. The highest BCUT2D eigenvalue weighted by molar-refractivity contribution is 9.11. The van der Waals surface area contributed by atoms with Crippen LogP contribution < -0.4 is 0 Å². The lowest BCUT2D eigenvalue weighted by atomic mass is 10.2. The topological polar surface area (TPSA) is 83.9 Å². The van der Waals surface area contributed by atoms with E-state index in [1.54, 1.807) is 0 Å². The molecule has 1 N–H and O–H groups in total. The molecule has 20 heavy (non-hydrogen) atoms. The number of aromatic hydroxyl groups is 1. The van der Waals surface area contributed by atoms with Crippen molar-refractivity contribution in [2.24, 2.45) is 0 Å². The van der Waals surface area contributed by atoms with Gasteiger partial charge in [-0.25, -0.2) is 4.79 Å². The standard InChI is InChI=1S/C11H4Br3NO5/c12-4-3-5(13)10(18)9(14)8(4)11(19)20-15-6(16)1-2-7(15)17/h1-3,18H. The monoisotopic (exact) mass is 467 g/mol. The highest BCUT2D eigenvalue weighted by Gasteiger charge is 2.30. The number of carbonyl (C=O) groups is 3.